The van der Waals surface area contributed by atoms with Crippen LogP contribution in [0, 0.1) is 0 Å². The van der Waals surface area contributed by atoms with Crippen LogP contribution in [0.2, 0.25) is 0 Å². The van der Waals surface area contributed by atoms with Crippen molar-refractivity contribution >= 4 is 11.6 Å². The van der Waals surface area contributed by atoms with Crippen LogP contribution in [0.3, 0.4) is 0 Å². The summed E-state index contributed by atoms with van der Waals surface area (Å²) < 4.78 is 10.4. The highest BCUT2D eigenvalue weighted by Crippen LogP contribution is 2.20. The Labute approximate surface area is 163 Å². The molecule has 1 saturated heterocycles. The van der Waals surface area contributed by atoms with Gasteiger partial charge in [0.05, 0.1) is 13.7 Å². The lowest BCUT2D eigenvalue weighted by atomic mass is 10.2. The molecule has 27 heavy (non-hydrogen) atoms. The van der Waals surface area contributed by atoms with E-state index in [9.17, 15) is 0 Å². The van der Waals surface area contributed by atoms with Crippen LogP contribution < -0.4 is 15.0 Å². The number of anilines is 1. The van der Waals surface area contributed by atoms with E-state index in [0.29, 0.717) is 0 Å². The number of ether oxygens (including phenoxy) is 2. The van der Waals surface area contributed by atoms with E-state index in [1.807, 2.05) is 19.2 Å². The maximum atomic E-state index is 5.24. The molecule has 2 rings (SSSR count). The summed E-state index contributed by atoms with van der Waals surface area (Å²) in [7, 11) is 7.44. The van der Waals surface area contributed by atoms with Gasteiger partial charge in [0.15, 0.2) is 5.96 Å². The Bertz CT molecular complexity index is 556. The molecule has 0 atom stereocenters. The molecule has 0 aliphatic carbocycles. The Morgan fingerprint density at radius 1 is 1.11 bits per heavy atom. The molecular formula is C20H35N5O2. The highest BCUT2D eigenvalue weighted by molar-refractivity contribution is 5.80. The third-order valence-corrected chi connectivity index (χ3v) is 4.91. The largest absolute Gasteiger partial charge is 0.497 e. The highest BCUT2D eigenvalue weighted by atomic mass is 16.5. The number of hydrogen-bond donors (Lipinski definition) is 1. The SMILES string of the molecule is CN=C(NCCCN(C)CCOC)N1CCN(c2ccc(OC)cc2)CC1. The van der Waals surface area contributed by atoms with Crippen molar-refractivity contribution in [3.63, 3.8) is 0 Å². The normalized spacial score (nSPS) is 15.4. The van der Waals surface area contributed by atoms with Gasteiger partial charge in [-0.2, -0.15) is 0 Å². The Hall–Kier alpha value is -1.99. The molecule has 152 valence electrons. The lowest BCUT2D eigenvalue weighted by Crippen LogP contribution is -2.52. The lowest BCUT2D eigenvalue weighted by molar-refractivity contribution is 0.161. The molecule has 7 heteroatoms. The van der Waals surface area contributed by atoms with Crippen LogP contribution >= 0.6 is 0 Å². The summed E-state index contributed by atoms with van der Waals surface area (Å²) in [5.41, 5.74) is 1.25. The molecule has 7 nitrogen and oxygen atoms in total. The van der Waals surface area contributed by atoms with Gasteiger partial charge in [-0.25, -0.2) is 0 Å². The average Bonchev–Trinajstić information content (AvgIpc) is 2.72. The van der Waals surface area contributed by atoms with Crippen molar-refractivity contribution in [2.75, 3.05) is 85.6 Å². The first-order chi connectivity index (χ1) is 13.2. The number of nitrogens with one attached hydrogen (secondary N) is 1. The zero-order valence-corrected chi connectivity index (χ0v) is 17.3. The van der Waals surface area contributed by atoms with E-state index in [0.717, 1.165) is 70.6 Å². The minimum Gasteiger partial charge on any atom is -0.497 e. The van der Waals surface area contributed by atoms with Crippen molar-refractivity contribution < 1.29 is 9.47 Å². The maximum absolute atomic E-state index is 5.24. The first-order valence-corrected chi connectivity index (χ1v) is 9.70. The molecule has 0 radical (unpaired) electrons. The molecule has 0 spiro atoms. The van der Waals surface area contributed by atoms with E-state index < -0.39 is 0 Å². The van der Waals surface area contributed by atoms with Gasteiger partial charge in [0, 0.05) is 59.1 Å². The fraction of sp³-hybridized carbons (Fsp3) is 0.650. The monoisotopic (exact) mass is 377 g/mol. The molecule has 1 fully saturated rings. The zero-order valence-electron chi connectivity index (χ0n) is 17.3. The van der Waals surface area contributed by atoms with E-state index in [4.69, 9.17) is 9.47 Å². The van der Waals surface area contributed by atoms with Crippen molar-refractivity contribution in [2.45, 2.75) is 6.42 Å². The number of piperazine rings is 1. The maximum Gasteiger partial charge on any atom is 0.193 e. The molecule has 0 amide bonds. The predicted molar refractivity (Wildman–Crippen MR) is 112 cm³/mol. The summed E-state index contributed by atoms with van der Waals surface area (Å²) >= 11 is 0. The number of guanidine groups is 1. The van der Waals surface area contributed by atoms with Gasteiger partial charge in [0.2, 0.25) is 0 Å². The van der Waals surface area contributed by atoms with Gasteiger partial charge < -0.3 is 29.5 Å². The minimum atomic E-state index is 0.782. The average molecular weight is 378 g/mol. The van der Waals surface area contributed by atoms with Gasteiger partial charge in [-0.3, -0.25) is 4.99 Å². The number of methoxy groups -OCH3 is 2. The van der Waals surface area contributed by atoms with Gasteiger partial charge in [0.1, 0.15) is 5.75 Å². The second-order valence-electron chi connectivity index (χ2n) is 6.80. The van der Waals surface area contributed by atoms with Crippen LogP contribution in [-0.4, -0.2) is 96.5 Å². The third-order valence-electron chi connectivity index (χ3n) is 4.91. The van der Waals surface area contributed by atoms with E-state index in [-0.39, 0.29) is 0 Å². The Morgan fingerprint density at radius 3 is 2.41 bits per heavy atom. The number of aliphatic imine (C=N–C) groups is 1. The lowest BCUT2D eigenvalue weighted by Gasteiger charge is -2.37. The van der Waals surface area contributed by atoms with E-state index >= 15 is 0 Å². The quantitative estimate of drug-likeness (QED) is 0.398. The molecule has 1 aromatic carbocycles. The Morgan fingerprint density at radius 2 is 1.81 bits per heavy atom. The Balaban J connectivity index is 1.71. The first-order valence-electron chi connectivity index (χ1n) is 9.70. The van der Waals surface area contributed by atoms with Crippen LogP contribution in [0.4, 0.5) is 5.69 Å². The van der Waals surface area contributed by atoms with Crippen molar-refractivity contribution in [2.24, 2.45) is 4.99 Å². The second kappa shape index (κ2) is 11.7. The number of rotatable bonds is 9. The standard InChI is InChI=1S/C20H35N5O2/c1-21-20(22-10-5-11-23(2)16-17-26-3)25-14-12-24(13-15-25)18-6-8-19(27-4)9-7-18/h6-9H,5,10-17H2,1-4H3,(H,21,22). The molecule has 0 saturated carbocycles. The van der Waals surface area contributed by atoms with Crippen LogP contribution in [0.1, 0.15) is 6.42 Å². The summed E-state index contributed by atoms with van der Waals surface area (Å²) in [6, 6.07) is 8.29. The summed E-state index contributed by atoms with van der Waals surface area (Å²) in [6.07, 6.45) is 1.09. The topological polar surface area (TPSA) is 52.6 Å². The molecule has 1 N–H and O–H groups in total. The molecule has 0 bridgehead atoms. The number of hydrogen-bond acceptors (Lipinski definition) is 5. The molecular weight excluding hydrogens is 342 g/mol. The minimum absolute atomic E-state index is 0.782. The number of nitrogens with zero attached hydrogens (tertiary/aromatic N) is 4. The second-order valence-corrected chi connectivity index (χ2v) is 6.80. The molecule has 1 heterocycles. The van der Waals surface area contributed by atoms with Gasteiger partial charge in [-0.1, -0.05) is 0 Å². The summed E-state index contributed by atoms with van der Waals surface area (Å²) in [5.74, 6) is 1.90. The van der Waals surface area contributed by atoms with Crippen LogP contribution in [0.25, 0.3) is 0 Å². The van der Waals surface area contributed by atoms with Gasteiger partial charge >= 0.3 is 0 Å². The van der Waals surface area contributed by atoms with E-state index in [1.165, 1.54) is 5.69 Å². The molecule has 1 aromatic rings. The summed E-state index contributed by atoms with van der Waals surface area (Å²) in [6.45, 7) is 7.67. The third kappa shape index (κ3) is 6.92. The summed E-state index contributed by atoms with van der Waals surface area (Å²) in [5, 5.41) is 3.50. The van der Waals surface area contributed by atoms with Crippen molar-refractivity contribution in [3.05, 3.63) is 24.3 Å². The Kier molecular flexibility index (Phi) is 9.21. The van der Waals surface area contributed by atoms with Gasteiger partial charge in [0.25, 0.3) is 0 Å². The fourth-order valence-electron chi connectivity index (χ4n) is 3.21. The van der Waals surface area contributed by atoms with Gasteiger partial charge in [-0.05, 0) is 44.3 Å². The van der Waals surface area contributed by atoms with Gasteiger partial charge in [-0.15, -0.1) is 0 Å². The predicted octanol–water partition coefficient (Wildman–Crippen LogP) is 1.36. The number of benzene rings is 1. The molecule has 1 aliphatic heterocycles. The van der Waals surface area contributed by atoms with Crippen molar-refractivity contribution in [1.29, 1.82) is 0 Å². The highest BCUT2D eigenvalue weighted by Gasteiger charge is 2.19. The van der Waals surface area contributed by atoms with E-state index in [2.05, 4.69) is 44.2 Å². The van der Waals surface area contributed by atoms with Crippen LogP contribution in [0.5, 0.6) is 5.75 Å². The van der Waals surface area contributed by atoms with Crippen LogP contribution in [0.15, 0.2) is 29.3 Å². The molecule has 1 aliphatic rings. The van der Waals surface area contributed by atoms with Crippen molar-refractivity contribution in [3.8, 4) is 5.75 Å². The first kappa shape index (κ1) is 21.3. The van der Waals surface area contributed by atoms with Crippen molar-refractivity contribution in [1.82, 2.24) is 15.1 Å². The number of likely N-dealkylation sites (N-methyl/N-ethyl adjacent to an activating group) is 1. The smallest absolute Gasteiger partial charge is 0.193 e. The zero-order chi connectivity index (χ0) is 19.5. The van der Waals surface area contributed by atoms with Crippen LogP contribution in [-0.2, 0) is 4.74 Å². The van der Waals surface area contributed by atoms with E-state index in [1.54, 1.807) is 14.2 Å². The fourth-order valence-corrected chi connectivity index (χ4v) is 3.21. The molecule has 0 aromatic heterocycles. The summed E-state index contributed by atoms with van der Waals surface area (Å²) in [4.78, 5) is 11.5. The molecule has 0 unspecified atom stereocenters.